The summed E-state index contributed by atoms with van der Waals surface area (Å²) in [6.07, 6.45) is 0.502. The van der Waals surface area contributed by atoms with E-state index in [4.69, 9.17) is 21.1 Å². The molecule has 0 heterocycles. The highest BCUT2D eigenvalue weighted by Gasteiger charge is 2.25. The lowest BCUT2D eigenvalue weighted by atomic mass is 9.82. The Morgan fingerprint density at radius 3 is 2.29 bits per heavy atom. The number of β-amino-alcohol motifs (C(OH)–C–C–N with tert-alkyl or cyclic N) is 1. The van der Waals surface area contributed by atoms with Crippen LogP contribution in [0, 0.1) is 5.41 Å². The molecule has 1 atom stereocenters. The standard InChI is InChI=1S/C19H32ClNO3/c1-18(2,3)14-19(4,5)21-12-16(22)13-23-10-11-24-17-8-6-15(20)7-9-17/h6-9,16,21-22H,10-14H2,1-5H3. The zero-order valence-electron chi connectivity index (χ0n) is 15.6. The molecule has 0 saturated carbocycles. The van der Waals surface area contributed by atoms with Gasteiger partial charge in [0.15, 0.2) is 0 Å². The first-order valence-corrected chi connectivity index (χ1v) is 8.84. The zero-order chi connectivity index (χ0) is 18.2. The van der Waals surface area contributed by atoms with Crippen molar-refractivity contribution in [3.63, 3.8) is 0 Å². The van der Waals surface area contributed by atoms with E-state index in [1.807, 2.05) is 12.1 Å². The molecule has 4 nitrogen and oxygen atoms in total. The molecule has 138 valence electrons. The number of nitrogens with one attached hydrogen (secondary N) is 1. The van der Waals surface area contributed by atoms with Crippen LogP contribution in [0.3, 0.4) is 0 Å². The van der Waals surface area contributed by atoms with E-state index >= 15 is 0 Å². The second-order valence-electron chi connectivity index (χ2n) is 8.03. The minimum Gasteiger partial charge on any atom is -0.491 e. The average Bonchev–Trinajstić information content (AvgIpc) is 2.44. The number of aliphatic hydroxyl groups excluding tert-OH is 1. The predicted molar refractivity (Wildman–Crippen MR) is 99.9 cm³/mol. The maximum absolute atomic E-state index is 10.0. The highest BCUT2D eigenvalue weighted by Crippen LogP contribution is 2.26. The van der Waals surface area contributed by atoms with Gasteiger partial charge in [-0.25, -0.2) is 0 Å². The van der Waals surface area contributed by atoms with Crippen molar-refractivity contribution in [3.05, 3.63) is 29.3 Å². The third-order valence-electron chi connectivity index (χ3n) is 3.41. The summed E-state index contributed by atoms with van der Waals surface area (Å²) in [5, 5.41) is 14.1. The van der Waals surface area contributed by atoms with Gasteiger partial charge in [0.05, 0.1) is 19.3 Å². The fourth-order valence-corrected chi connectivity index (χ4v) is 2.94. The van der Waals surface area contributed by atoms with Crippen molar-refractivity contribution in [3.8, 4) is 5.75 Å². The van der Waals surface area contributed by atoms with Crippen LogP contribution in [0.25, 0.3) is 0 Å². The van der Waals surface area contributed by atoms with Crippen LogP contribution in [0.15, 0.2) is 24.3 Å². The number of benzene rings is 1. The Morgan fingerprint density at radius 2 is 1.71 bits per heavy atom. The third kappa shape index (κ3) is 10.1. The molecular formula is C19H32ClNO3. The van der Waals surface area contributed by atoms with E-state index in [1.54, 1.807) is 12.1 Å². The lowest BCUT2D eigenvalue weighted by Crippen LogP contribution is -2.46. The van der Waals surface area contributed by atoms with Gasteiger partial charge in [-0.15, -0.1) is 0 Å². The van der Waals surface area contributed by atoms with Gasteiger partial charge in [0.25, 0.3) is 0 Å². The van der Waals surface area contributed by atoms with E-state index in [1.165, 1.54) is 0 Å². The smallest absolute Gasteiger partial charge is 0.119 e. The molecule has 0 fully saturated rings. The summed E-state index contributed by atoms with van der Waals surface area (Å²) in [5.41, 5.74) is 0.230. The Labute approximate surface area is 151 Å². The predicted octanol–water partition coefficient (Wildman–Crippen LogP) is 3.90. The van der Waals surface area contributed by atoms with Gasteiger partial charge in [-0.3, -0.25) is 0 Å². The topological polar surface area (TPSA) is 50.7 Å². The van der Waals surface area contributed by atoms with E-state index in [0.717, 1.165) is 12.2 Å². The summed E-state index contributed by atoms with van der Waals surface area (Å²) in [6.45, 7) is 12.7. The summed E-state index contributed by atoms with van der Waals surface area (Å²) in [7, 11) is 0. The Kier molecular flexibility index (Phi) is 8.51. The van der Waals surface area contributed by atoms with Crippen molar-refractivity contribution in [2.24, 2.45) is 5.41 Å². The molecule has 0 aromatic heterocycles. The molecule has 0 aliphatic carbocycles. The second-order valence-corrected chi connectivity index (χ2v) is 8.47. The quantitative estimate of drug-likeness (QED) is 0.623. The first-order chi connectivity index (χ1) is 11.1. The molecule has 0 bridgehead atoms. The van der Waals surface area contributed by atoms with Crippen molar-refractivity contribution in [2.75, 3.05) is 26.4 Å². The van der Waals surface area contributed by atoms with Crippen molar-refractivity contribution in [1.82, 2.24) is 5.32 Å². The summed E-state index contributed by atoms with van der Waals surface area (Å²) in [5.74, 6) is 0.758. The maximum atomic E-state index is 10.0. The van der Waals surface area contributed by atoms with E-state index in [-0.39, 0.29) is 11.0 Å². The molecular weight excluding hydrogens is 326 g/mol. The lowest BCUT2D eigenvalue weighted by molar-refractivity contribution is 0.0211. The molecule has 0 aliphatic heterocycles. The SMILES string of the molecule is CC(C)(C)CC(C)(C)NCC(O)COCCOc1ccc(Cl)cc1. The van der Waals surface area contributed by atoms with Crippen LogP contribution < -0.4 is 10.1 Å². The van der Waals surface area contributed by atoms with Crippen LogP contribution in [0.5, 0.6) is 5.75 Å². The van der Waals surface area contributed by atoms with Gasteiger partial charge in [0, 0.05) is 17.1 Å². The van der Waals surface area contributed by atoms with Crippen molar-refractivity contribution >= 4 is 11.6 Å². The normalized spacial score (nSPS) is 13.8. The van der Waals surface area contributed by atoms with Crippen LogP contribution in [-0.4, -0.2) is 43.1 Å². The number of halogens is 1. The molecule has 2 N–H and O–H groups in total. The molecule has 0 amide bonds. The van der Waals surface area contributed by atoms with Crippen LogP contribution in [0.4, 0.5) is 0 Å². The summed E-state index contributed by atoms with van der Waals surface area (Å²) >= 11 is 5.81. The highest BCUT2D eigenvalue weighted by molar-refractivity contribution is 6.30. The van der Waals surface area contributed by atoms with Gasteiger partial charge in [0.1, 0.15) is 12.4 Å². The fourth-order valence-electron chi connectivity index (χ4n) is 2.81. The van der Waals surface area contributed by atoms with E-state index in [2.05, 4.69) is 39.9 Å². The summed E-state index contributed by atoms with van der Waals surface area (Å²) in [4.78, 5) is 0. The molecule has 5 heteroatoms. The van der Waals surface area contributed by atoms with Crippen molar-refractivity contribution < 1.29 is 14.6 Å². The minimum absolute atomic E-state index is 0.0169. The van der Waals surface area contributed by atoms with Gasteiger partial charge < -0.3 is 19.9 Å². The first-order valence-electron chi connectivity index (χ1n) is 8.47. The second kappa shape index (κ2) is 9.62. The van der Waals surface area contributed by atoms with Gasteiger partial charge in [-0.1, -0.05) is 32.4 Å². The Bertz CT molecular complexity index is 468. The molecule has 1 aromatic carbocycles. The summed E-state index contributed by atoms with van der Waals surface area (Å²) < 4.78 is 11.0. The van der Waals surface area contributed by atoms with Gasteiger partial charge >= 0.3 is 0 Å². The molecule has 1 rings (SSSR count). The van der Waals surface area contributed by atoms with Gasteiger partial charge in [0.2, 0.25) is 0 Å². The monoisotopic (exact) mass is 357 g/mol. The van der Waals surface area contributed by atoms with Gasteiger partial charge in [-0.2, -0.15) is 0 Å². The van der Waals surface area contributed by atoms with Crippen LogP contribution in [0.1, 0.15) is 41.0 Å². The van der Waals surface area contributed by atoms with E-state index < -0.39 is 6.10 Å². The van der Waals surface area contributed by atoms with Crippen LogP contribution in [-0.2, 0) is 4.74 Å². The number of aliphatic hydroxyl groups is 1. The minimum atomic E-state index is -0.528. The molecule has 1 aromatic rings. The average molecular weight is 358 g/mol. The van der Waals surface area contributed by atoms with Crippen molar-refractivity contribution in [2.45, 2.75) is 52.7 Å². The largest absolute Gasteiger partial charge is 0.491 e. The van der Waals surface area contributed by atoms with Crippen LogP contribution in [0.2, 0.25) is 5.02 Å². The lowest BCUT2D eigenvalue weighted by Gasteiger charge is -2.34. The Hall–Kier alpha value is -0.810. The maximum Gasteiger partial charge on any atom is 0.119 e. The number of hydrogen-bond donors (Lipinski definition) is 2. The Morgan fingerprint density at radius 1 is 1.08 bits per heavy atom. The fraction of sp³-hybridized carbons (Fsp3) is 0.684. The summed E-state index contributed by atoms with van der Waals surface area (Å²) in [6, 6.07) is 7.20. The number of rotatable bonds is 10. The Balaban J connectivity index is 2.13. The molecule has 0 saturated heterocycles. The third-order valence-corrected chi connectivity index (χ3v) is 3.66. The molecule has 0 radical (unpaired) electrons. The zero-order valence-corrected chi connectivity index (χ0v) is 16.3. The van der Waals surface area contributed by atoms with Crippen molar-refractivity contribution in [1.29, 1.82) is 0 Å². The molecule has 0 spiro atoms. The molecule has 1 unspecified atom stereocenters. The van der Waals surface area contributed by atoms with Gasteiger partial charge in [-0.05, 0) is 49.9 Å². The first kappa shape index (κ1) is 21.2. The van der Waals surface area contributed by atoms with Crippen LogP contribution >= 0.6 is 11.6 Å². The molecule has 24 heavy (non-hydrogen) atoms. The van der Waals surface area contributed by atoms with E-state index in [0.29, 0.717) is 31.4 Å². The number of ether oxygens (including phenoxy) is 2. The van der Waals surface area contributed by atoms with E-state index in [9.17, 15) is 5.11 Å². The molecule has 0 aliphatic rings. The highest BCUT2D eigenvalue weighted by atomic mass is 35.5. The number of hydrogen-bond acceptors (Lipinski definition) is 4.